The van der Waals surface area contributed by atoms with E-state index in [1.165, 1.54) is 0 Å². The second-order valence-corrected chi connectivity index (χ2v) is 11.1. The van der Waals surface area contributed by atoms with Gasteiger partial charge in [-0.15, -0.1) is 11.8 Å². The van der Waals surface area contributed by atoms with Crippen LogP contribution in [0.3, 0.4) is 0 Å². The van der Waals surface area contributed by atoms with Crippen LogP contribution in [0.15, 0.2) is 0 Å². The Hall–Kier alpha value is 0.527. The van der Waals surface area contributed by atoms with E-state index in [1.807, 2.05) is 0 Å². The van der Waals surface area contributed by atoms with Crippen molar-refractivity contribution < 1.29 is 4.43 Å². The van der Waals surface area contributed by atoms with E-state index in [0.717, 1.165) is 5.94 Å². The highest BCUT2D eigenvalue weighted by Crippen LogP contribution is 2.42. The summed E-state index contributed by atoms with van der Waals surface area (Å²) in [5.41, 5.74) is 2.11. The molecule has 3 heteroatoms. The first-order valence-electron chi connectivity index (χ1n) is 5.52. The third kappa shape index (κ3) is 3.01. The van der Waals surface area contributed by atoms with E-state index in [1.54, 1.807) is 11.8 Å². The maximum Gasteiger partial charge on any atom is 0.201 e. The molecule has 0 spiro atoms. The predicted molar refractivity (Wildman–Crippen MR) is 70.5 cm³/mol. The molecule has 0 radical (unpaired) electrons. The van der Waals surface area contributed by atoms with Crippen molar-refractivity contribution in [1.82, 2.24) is 0 Å². The van der Waals surface area contributed by atoms with Gasteiger partial charge in [-0.25, -0.2) is 0 Å². The fraction of sp³-hybridized carbons (Fsp3) is 1.00. The Balaban J connectivity index is 4.76. The van der Waals surface area contributed by atoms with Gasteiger partial charge >= 0.3 is 0 Å². The molecule has 1 nitrogen and oxygen atoms in total. The molecule has 0 bridgehead atoms. The minimum atomic E-state index is -1.57. The first-order chi connectivity index (χ1) is 6.39. The van der Waals surface area contributed by atoms with E-state index in [2.05, 4.69) is 47.8 Å². The van der Waals surface area contributed by atoms with E-state index in [9.17, 15) is 0 Å². The minimum Gasteiger partial charge on any atom is -0.407 e. The molecule has 0 fully saturated rings. The Bertz CT molecular complexity index is 136. The maximum atomic E-state index is 6.27. The minimum absolute atomic E-state index is 0.703. The van der Waals surface area contributed by atoms with Gasteiger partial charge in [0.2, 0.25) is 8.32 Å². The van der Waals surface area contributed by atoms with Crippen LogP contribution in [-0.2, 0) is 4.43 Å². The Morgan fingerprint density at radius 2 is 1.29 bits per heavy atom. The van der Waals surface area contributed by atoms with Crippen molar-refractivity contribution in [2.75, 3.05) is 12.2 Å². The zero-order valence-electron chi connectivity index (χ0n) is 10.8. The van der Waals surface area contributed by atoms with Crippen molar-refractivity contribution in [3.05, 3.63) is 0 Å². The molecule has 0 rings (SSSR count). The Morgan fingerprint density at radius 3 is 1.50 bits per heavy atom. The lowest BCUT2D eigenvalue weighted by atomic mass is 10.5. The summed E-state index contributed by atoms with van der Waals surface area (Å²) in [5, 5.41) is 0. The summed E-state index contributed by atoms with van der Waals surface area (Å²) in [5.74, 6) is 0.862. The monoisotopic (exact) mass is 234 g/mol. The zero-order chi connectivity index (χ0) is 11.4. The average molecular weight is 234 g/mol. The summed E-state index contributed by atoms with van der Waals surface area (Å²) in [6.45, 7) is 14.0. The van der Waals surface area contributed by atoms with Gasteiger partial charge in [-0.05, 0) is 22.9 Å². The Kier molecular flexibility index (Phi) is 6.42. The molecular weight excluding hydrogens is 208 g/mol. The van der Waals surface area contributed by atoms with Crippen LogP contribution < -0.4 is 0 Å². The van der Waals surface area contributed by atoms with Gasteiger partial charge < -0.3 is 4.43 Å². The van der Waals surface area contributed by atoms with Crippen molar-refractivity contribution in [3.8, 4) is 0 Å². The molecule has 0 heterocycles. The highest BCUT2D eigenvalue weighted by Gasteiger charge is 2.44. The molecular formula is C11H26OSSi. The topological polar surface area (TPSA) is 9.23 Å². The van der Waals surface area contributed by atoms with Crippen molar-refractivity contribution in [3.63, 3.8) is 0 Å². The second kappa shape index (κ2) is 6.18. The van der Waals surface area contributed by atoms with E-state index < -0.39 is 8.32 Å². The summed E-state index contributed by atoms with van der Waals surface area (Å²) < 4.78 is 6.27. The van der Waals surface area contributed by atoms with E-state index in [4.69, 9.17) is 4.43 Å². The van der Waals surface area contributed by atoms with Crippen LogP contribution in [0.25, 0.3) is 0 Å². The van der Waals surface area contributed by atoms with Gasteiger partial charge in [-0.3, -0.25) is 0 Å². The summed E-state index contributed by atoms with van der Waals surface area (Å²) in [4.78, 5) is 0. The average Bonchev–Trinajstić information content (AvgIpc) is 2.03. The fourth-order valence-electron chi connectivity index (χ4n) is 2.66. The van der Waals surface area contributed by atoms with Crippen molar-refractivity contribution in [2.45, 2.75) is 58.2 Å². The molecule has 0 aromatic carbocycles. The quantitative estimate of drug-likeness (QED) is 0.494. The molecule has 0 aliphatic rings. The van der Waals surface area contributed by atoms with Gasteiger partial charge in [0.25, 0.3) is 0 Å². The molecule has 0 saturated carbocycles. The molecule has 0 aliphatic carbocycles. The lowest BCUT2D eigenvalue weighted by molar-refractivity contribution is 0.342. The molecule has 0 N–H and O–H groups in total. The smallest absolute Gasteiger partial charge is 0.201 e. The first kappa shape index (κ1) is 14.5. The van der Waals surface area contributed by atoms with Crippen LogP contribution in [0.5, 0.6) is 0 Å². The summed E-state index contributed by atoms with van der Waals surface area (Å²) in [7, 11) is -1.57. The van der Waals surface area contributed by atoms with Gasteiger partial charge in [0.15, 0.2) is 0 Å². The van der Waals surface area contributed by atoms with Gasteiger partial charge in [-0.1, -0.05) is 41.5 Å². The zero-order valence-corrected chi connectivity index (χ0v) is 12.6. The Labute approximate surface area is 95.1 Å². The molecule has 0 unspecified atom stereocenters. The molecule has 0 aromatic rings. The molecule has 0 amide bonds. The molecule has 0 saturated heterocycles. The largest absolute Gasteiger partial charge is 0.407 e. The lowest BCUT2D eigenvalue weighted by Gasteiger charge is -2.41. The van der Waals surface area contributed by atoms with Gasteiger partial charge in [-0.2, -0.15) is 0 Å². The van der Waals surface area contributed by atoms with E-state index in [-0.39, 0.29) is 0 Å². The fourth-order valence-corrected chi connectivity index (χ4v) is 8.95. The summed E-state index contributed by atoms with van der Waals surface area (Å²) in [6.07, 6.45) is 2.11. The van der Waals surface area contributed by atoms with Crippen molar-refractivity contribution in [2.24, 2.45) is 0 Å². The van der Waals surface area contributed by atoms with Crippen LogP contribution in [0.1, 0.15) is 41.5 Å². The number of thioether (sulfide) groups is 1. The predicted octanol–water partition coefficient (Wildman–Crippen LogP) is 4.50. The van der Waals surface area contributed by atoms with Crippen LogP contribution in [0.2, 0.25) is 16.6 Å². The van der Waals surface area contributed by atoms with E-state index >= 15 is 0 Å². The van der Waals surface area contributed by atoms with E-state index in [0.29, 0.717) is 16.6 Å². The van der Waals surface area contributed by atoms with Crippen molar-refractivity contribution in [1.29, 1.82) is 0 Å². The molecule has 14 heavy (non-hydrogen) atoms. The van der Waals surface area contributed by atoms with Crippen LogP contribution >= 0.6 is 11.8 Å². The summed E-state index contributed by atoms with van der Waals surface area (Å²) >= 11 is 1.79. The van der Waals surface area contributed by atoms with Gasteiger partial charge in [0.05, 0.1) is 5.94 Å². The summed E-state index contributed by atoms with van der Waals surface area (Å²) in [6, 6.07) is 0. The van der Waals surface area contributed by atoms with Crippen LogP contribution in [0.4, 0.5) is 0 Å². The lowest BCUT2D eigenvalue weighted by Crippen LogP contribution is -2.47. The maximum absolute atomic E-state index is 6.27. The van der Waals surface area contributed by atoms with Crippen LogP contribution in [0, 0.1) is 0 Å². The van der Waals surface area contributed by atoms with Crippen LogP contribution in [-0.4, -0.2) is 20.5 Å². The van der Waals surface area contributed by atoms with Crippen molar-refractivity contribution >= 4 is 20.1 Å². The highest BCUT2D eigenvalue weighted by atomic mass is 32.2. The number of hydrogen-bond donors (Lipinski definition) is 0. The Morgan fingerprint density at radius 1 is 0.929 bits per heavy atom. The van der Waals surface area contributed by atoms with Gasteiger partial charge in [0, 0.05) is 0 Å². The molecule has 86 valence electrons. The normalized spacial score (nSPS) is 13.3. The third-order valence-corrected chi connectivity index (χ3v) is 9.76. The highest BCUT2D eigenvalue weighted by molar-refractivity contribution is 7.98. The molecule has 0 atom stereocenters. The first-order valence-corrected chi connectivity index (χ1v) is 9.05. The number of hydrogen-bond acceptors (Lipinski definition) is 2. The van der Waals surface area contributed by atoms with Gasteiger partial charge in [0.1, 0.15) is 0 Å². The second-order valence-electron chi connectivity index (χ2n) is 4.87. The third-order valence-electron chi connectivity index (χ3n) is 3.13. The molecule has 0 aliphatic heterocycles. The number of rotatable bonds is 6. The SMILES string of the molecule is CSCO[Si](C(C)C)(C(C)C)C(C)C. The standard InChI is InChI=1S/C11H26OSSi/c1-9(2)14(10(3)4,11(5)6)12-8-13-7/h9-11H,8H2,1-7H3. The molecule has 0 aromatic heterocycles.